The molecule has 0 amide bonds. The molecule has 1 aliphatic carbocycles. The van der Waals surface area contributed by atoms with E-state index < -0.39 is 0 Å². The van der Waals surface area contributed by atoms with Crippen LogP contribution in [0.1, 0.15) is 49.4 Å². The molecule has 0 atom stereocenters. The lowest BCUT2D eigenvalue weighted by molar-refractivity contribution is 0.101. The number of Topliss-reactive ketones (excluding diaryl/α,β-unsaturated/α-hetero) is 1. The molecule has 1 saturated carbocycles. The van der Waals surface area contributed by atoms with Crippen molar-refractivity contribution in [2.24, 2.45) is 0 Å². The van der Waals surface area contributed by atoms with E-state index in [4.69, 9.17) is 5.73 Å². The molecular weight excluding hydrogens is 268 g/mol. The molecule has 0 heterocycles. The van der Waals surface area contributed by atoms with Crippen LogP contribution >= 0.6 is 11.8 Å². The van der Waals surface area contributed by atoms with Crippen molar-refractivity contribution in [2.45, 2.75) is 43.8 Å². The summed E-state index contributed by atoms with van der Waals surface area (Å²) < 4.78 is 0.343. The molecular formula is C16H24N2OS. The molecule has 0 bridgehead atoms. The second-order valence-electron chi connectivity index (χ2n) is 5.66. The van der Waals surface area contributed by atoms with Gasteiger partial charge in [-0.2, -0.15) is 11.8 Å². The van der Waals surface area contributed by atoms with Gasteiger partial charge in [0.1, 0.15) is 0 Å². The number of nitrogens with two attached hydrogens (primary N) is 1. The van der Waals surface area contributed by atoms with E-state index in [9.17, 15) is 4.79 Å². The maximum Gasteiger partial charge on any atom is 0.161 e. The highest BCUT2D eigenvalue weighted by Gasteiger charge is 2.30. The summed E-state index contributed by atoms with van der Waals surface area (Å²) in [6, 6.07) is 5.64. The van der Waals surface area contributed by atoms with Crippen LogP contribution in [-0.2, 0) is 0 Å². The molecule has 1 aromatic rings. The molecule has 3 N–H and O–H groups in total. The molecule has 20 heavy (non-hydrogen) atoms. The summed E-state index contributed by atoms with van der Waals surface area (Å²) in [7, 11) is 0. The van der Waals surface area contributed by atoms with Crippen LogP contribution in [0.3, 0.4) is 0 Å². The van der Waals surface area contributed by atoms with Crippen LogP contribution in [0.25, 0.3) is 0 Å². The molecule has 1 aromatic carbocycles. The van der Waals surface area contributed by atoms with Gasteiger partial charge in [0, 0.05) is 28.2 Å². The summed E-state index contributed by atoms with van der Waals surface area (Å²) in [6.07, 6.45) is 8.76. The Kier molecular flexibility index (Phi) is 4.97. The normalized spacial score (nSPS) is 17.7. The number of nitrogens with one attached hydrogen (secondary N) is 1. The molecule has 0 aromatic heterocycles. The third-order valence-corrected chi connectivity index (χ3v) is 5.66. The molecule has 0 aliphatic heterocycles. The Bertz CT molecular complexity index is 481. The van der Waals surface area contributed by atoms with Crippen molar-refractivity contribution in [2.75, 3.05) is 23.9 Å². The molecule has 1 aliphatic rings. The monoisotopic (exact) mass is 292 g/mol. The van der Waals surface area contributed by atoms with E-state index in [-0.39, 0.29) is 5.78 Å². The number of hydrogen-bond donors (Lipinski definition) is 2. The van der Waals surface area contributed by atoms with Gasteiger partial charge in [0.05, 0.1) is 0 Å². The Hall–Kier alpha value is -1.16. The molecule has 0 spiro atoms. The summed E-state index contributed by atoms with van der Waals surface area (Å²) in [6.45, 7) is 2.51. The average molecular weight is 292 g/mol. The summed E-state index contributed by atoms with van der Waals surface area (Å²) >= 11 is 1.97. The Morgan fingerprint density at radius 2 is 2.05 bits per heavy atom. The van der Waals surface area contributed by atoms with Crippen LogP contribution in [0.15, 0.2) is 18.2 Å². The predicted molar refractivity (Wildman–Crippen MR) is 88.7 cm³/mol. The Balaban J connectivity index is 2.06. The van der Waals surface area contributed by atoms with E-state index in [1.807, 2.05) is 30.0 Å². The lowest BCUT2D eigenvalue weighted by Gasteiger charge is -2.36. The lowest BCUT2D eigenvalue weighted by Crippen LogP contribution is -2.35. The third kappa shape index (κ3) is 3.48. The first-order valence-electron chi connectivity index (χ1n) is 7.26. The Morgan fingerprint density at radius 3 is 2.65 bits per heavy atom. The molecule has 1 fully saturated rings. The van der Waals surface area contributed by atoms with Gasteiger partial charge in [0.15, 0.2) is 5.78 Å². The minimum absolute atomic E-state index is 0.0170. The molecule has 110 valence electrons. The number of hydrogen-bond acceptors (Lipinski definition) is 4. The Morgan fingerprint density at radius 1 is 1.35 bits per heavy atom. The molecule has 0 saturated heterocycles. The fourth-order valence-corrected chi connectivity index (χ4v) is 3.80. The van der Waals surface area contributed by atoms with Gasteiger partial charge in [-0.1, -0.05) is 19.3 Å². The highest BCUT2D eigenvalue weighted by molar-refractivity contribution is 8.00. The number of nitrogen functional groups attached to an aromatic ring is 1. The van der Waals surface area contributed by atoms with Crippen molar-refractivity contribution in [3.8, 4) is 0 Å². The van der Waals surface area contributed by atoms with Gasteiger partial charge in [-0.05, 0) is 44.2 Å². The fraction of sp³-hybridized carbons (Fsp3) is 0.562. The van der Waals surface area contributed by atoms with E-state index >= 15 is 0 Å². The van der Waals surface area contributed by atoms with E-state index in [1.54, 1.807) is 6.92 Å². The van der Waals surface area contributed by atoms with Crippen LogP contribution in [0.2, 0.25) is 0 Å². The molecule has 0 radical (unpaired) electrons. The van der Waals surface area contributed by atoms with E-state index in [0.29, 0.717) is 16.0 Å². The van der Waals surface area contributed by atoms with Crippen molar-refractivity contribution in [1.82, 2.24) is 0 Å². The average Bonchev–Trinajstić information content (AvgIpc) is 2.47. The molecule has 4 heteroatoms. The number of carbonyl (C=O) groups is 1. The van der Waals surface area contributed by atoms with Crippen LogP contribution < -0.4 is 11.1 Å². The van der Waals surface area contributed by atoms with Crippen LogP contribution in [-0.4, -0.2) is 23.3 Å². The Labute approximate surface area is 125 Å². The predicted octanol–water partition coefficient (Wildman–Crippen LogP) is 3.95. The van der Waals surface area contributed by atoms with Crippen molar-refractivity contribution < 1.29 is 4.79 Å². The maximum atomic E-state index is 11.5. The van der Waals surface area contributed by atoms with Crippen LogP contribution in [0.4, 0.5) is 11.4 Å². The van der Waals surface area contributed by atoms with Gasteiger partial charge in [0.2, 0.25) is 0 Å². The topological polar surface area (TPSA) is 55.1 Å². The van der Waals surface area contributed by atoms with Gasteiger partial charge in [-0.3, -0.25) is 4.79 Å². The number of benzene rings is 1. The zero-order valence-electron chi connectivity index (χ0n) is 12.4. The summed E-state index contributed by atoms with van der Waals surface area (Å²) in [5.74, 6) is 0.0170. The summed E-state index contributed by atoms with van der Waals surface area (Å²) in [4.78, 5) is 11.5. The standard InChI is InChI=1S/C16H24N2OS/c1-12(19)14-10-13(6-7-15(14)17)18-11-16(20-2)8-4-3-5-9-16/h6-7,10,18H,3-5,8-9,11,17H2,1-2H3. The summed E-state index contributed by atoms with van der Waals surface area (Å²) in [5, 5.41) is 3.50. The minimum Gasteiger partial charge on any atom is -0.398 e. The number of carbonyl (C=O) groups excluding carboxylic acids is 1. The zero-order valence-corrected chi connectivity index (χ0v) is 13.2. The quantitative estimate of drug-likeness (QED) is 0.637. The van der Waals surface area contributed by atoms with E-state index in [2.05, 4.69) is 11.6 Å². The maximum absolute atomic E-state index is 11.5. The van der Waals surface area contributed by atoms with Gasteiger partial charge < -0.3 is 11.1 Å². The lowest BCUT2D eigenvalue weighted by atomic mass is 9.88. The van der Waals surface area contributed by atoms with Crippen molar-refractivity contribution >= 4 is 28.9 Å². The van der Waals surface area contributed by atoms with Crippen molar-refractivity contribution in [1.29, 1.82) is 0 Å². The number of rotatable bonds is 5. The molecule has 0 unspecified atom stereocenters. The highest BCUT2D eigenvalue weighted by Crippen LogP contribution is 2.38. The van der Waals surface area contributed by atoms with Crippen LogP contribution in [0.5, 0.6) is 0 Å². The smallest absolute Gasteiger partial charge is 0.161 e. The van der Waals surface area contributed by atoms with E-state index in [0.717, 1.165) is 12.2 Å². The van der Waals surface area contributed by atoms with Gasteiger partial charge in [-0.25, -0.2) is 0 Å². The highest BCUT2D eigenvalue weighted by atomic mass is 32.2. The third-order valence-electron chi connectivity index (χ3n) is 4.25. The summed E-state index contributed by atoms with van der Waals surface area (Å²) in [5.41, 5.74) is 7.98. The first-order valence-corrected chi connectivity index (χ1v) is 8.48. The van der Waals surface area contributed by atoms with Crippen molar-refractivity contribution in [3.05, 3.63) is 23.8 Å². The number of thioether (sulfide) groups is 1. The van der Waals surface area contributed by atoms with Crippen LogP contribution in [0, 0.1) is 0 Å². The largest absolute Gasteiger partial charge is 0.398 e. The van der Waals surface area contributed by atoms with Gasteiger partial charge in [-0.15, -0.1) is 0 Å². The number of anilines is 2. The van der Waals surface area contributed by atoms with E-state index in [1.165, 1.54) is 32.1 Å². The number of ketones is 1. The second kappa shape index (κ2) is 6.53. The fourth-order valence-electron chi connectivity index (χ4n) is 2.88. The molecule has 3 nitrogen and oxygen atoms in total. The second-order valence-corrected chi connectivity index (χ2v) is 6.93. The van der Waals surface area contributed by atoms with Crippen molar-refractivity contribution in [3.63, 3.8) is 0 Å². The van der Waals surface area contributed by atoms with Gasteiger partial charge in [0.25, 0.3) is 0 Å². The SMILES string of the molecule is CSC1(CNc2ccc(N)c(C(C)=O)c2)CCCCC1. The zero-order chi connectivity index (χ0) is 14.6. The van der Waals surface area contributed by atoms with Gasteiger partial charge >= 0.3 is 0 Å². The minimum atomic E-state index is 0.0170. The molecule has 2 rings (SSSR count). The first-order chi connectivity index (χ1) is 9.56. The first kappa shape index (κ1) is 15.2.